The van der Waals surface area contributed by atoms with Crippen LogP contribution in [0.5, 0.6) is 5.75 Å². The van der Waals surface area contributed by atoms with Crippen molar-refractivity contribution in [2.45, 2.75) is 26.1 Å². The Labute approximate surface area is 167 Å². The van der Waals surface area contributed by atoms with Crippen LogP contribution in [-0.4, -0.2) is 33.0 Å². The van der Waals surface area contributed by atoms with Crippen LogP contribution in [0, 0.1) is 6.92 Å². The number of hydrogen-bond donors (Lipinski definition) is 1. The fourth-order valence-corrected chi connectivity index (χ4v) is 2.42. The Kier molecular flexibility index (Phi) is 5.47. The highest BCUT2D eigenvalue weighted by Gasteiger charge is 2.61. The van der Waals surface area contributed by atoms with Crippen LogP contribution in [0.3, 0.4) is 0 Å². The summed E-state index contributed by atoms with van der Waals surface area (Å²) in [6.45, 7) is 3.17. The number of amides is 1. The molecule has 0 aliphatic carbocycles. The fourth-order valence-electron chi connectivity index (χ4n) is 2.42. The average molecular weight is 426 g/mol. The van der Waals surface area contributed by atoms with Gasteiger partial charge in [-0.3, -0.25) is 10.1 Å². The number of aromatic nitrogens is 3. The number of rotatable bonds is 5. The molecule has 0 bridgehead atoms. The van der Waals surface area contributed by atoms with Crippen LogP contribution in [-0.2, 0) is 4.79 Å². The maximum Gasteiger partial charge on any atom is 0.499 e. The molecule has 11 heteroatoms. The van der Waals surface area contributed by atoms with E-state index in [2.05, 4.69) is 20.1 Å². The van der Waals surface area contributed by atoms with Gasteiger partial charge in [0.25, 0.3) is 0 Å². The largest absolute Gasteiger partial charge is 0.499 e. The van der Waals surface area contributed by atoms with Crippen molar-refractivity contribution in [1.82, 2.24) is 14.8 Å². The van der Waals surface area contributed by atoms with Gasteiger partial charge in [0.05, 0.1) is 5.69 Å². The maximum absolute atomic E-state index is 13.0. The molecule has 0 radical (unpaired) electrons. The van der Waals surface area contributed by atoms with Crippen LogP contribution >= 0.6 is 0 Å². The van der Waals surface area contributed by atoms with Gasteiger partial charge in [0.1, 0.15) is 5.75 Å². The maximum atomic E-state index is 13.0. The molecule has 1 aromatic heterocycles. The van der Waals surface area contributed by atoms with E-state index in [4.69, 9.17) is 0 Å². The van der Waals surface area contributed by atoms with Gasteiger partial charge in [-0.1, -0.05) is 29.8 Å². The van der Waals surface area contributed by atoms with Crippen molar-refractivity contribution in [3.8, 4) is 22.8 Å². The number of nitrogens with one attached hydrogen (secondary N) is 1. The summed E-state index contributed by atoms with van der Waals surface area (Å²) in [7, 11) is 0. The quantitative estimate of drug-likeness (QED) is 0.599. The third-order valence-electron chi connectivity index (χ3n) is 3.86. The Morgan fingerprint density at radius 1 is 1.00 bits per heavy atom. The molecule has 1 amide bonds. The van der Waals surface area contributed by atoms with E-state index in [9.17, 15) is 26.7 Å². The molecular weight excluding hydrogens is 411 g/mol. The highest BCUT2D eigenvalue weighted by atomic mass is 19.4. The minimum Gasteiger partial charge on any atom is -0.426 e. The van der Waals surface area contributed by atoms with Crippen LogP contribution in [0.15, 0.2) is 48.5 Å². The molecule has 0 aliphatic heterocycles. The second-order valence-corrected chi connectivity index (χ2v) is 6.33. The van der Waals surface area contributed by atoms with Crippen molar-refractivity contribution in [2.75, 3.05) is 5.32 Å². The van der Waals surface area contributed by atoms with Crippen LogP contribution in [0.25, 0.3) is 17.1 Å². The zero-order valence-electron chi connectivity index (χ0n) is 15.7. The molecule has 0 saturated carbocycles. The highest BCUT2D eigenvalue weighted by Crippen LogP contribution is 2.37. The van der Waals surface area contributed by atoms with Gasteiger partial charge in [-0.05, 0) is 31.2 Å². The van der Waals surface area contributed by atoms with Crippen molar-refractivity contribution in [3.63, 3.8) is 0 Å². The molecule has 1 heterocycles. The first kappa shape index (κ1) is 21.2. The first-order valence-corrected chi connectivity index (χ1v) is 8.52. The van der Waals surface area contributed by atoms with Crippen LogP contribution in [0.1, 0.15) is 12.5 Å². The number of carbonyl (C=O) groups is 1. The van der Waals surface area contributed by atoms with E-state index in [-0.39, 0.29) is 17.5 Å². The average Bonchev–Trinajstić information content (AvgIpc) is 3.04. The first-order valence-electron chi connectivity index (χ1n) is 8.52. The normalized spacial score (nSPS) is 12.0. The summed E-state index contributed by atoms with van der Waals surface area (Å²) in [5.41, 5.74) is 1.94. The summed E-state index contributed by atoms with van der Waals surface area (Å²) >= 11 is 0. The Hall–Kier alpha value is -3.50. The highest BCUT2D eigenvalue weighted by molar-refractivity contribution is 5.87. The van der Waals surface area contributed by atoms with Gasteiger partial charge >= 0.3 is 12.3 Å². The van der Waals surface area contributed by atoms with E-state index < -0.39 is 23.9 Å². The van der Waals surface area contributed by atoms with Gasteiger partial charge < -0.3 is 4.74 Å². The summed E-state index contributed by atoms with van der Waals surface area (Å²) in [6, 6.07) is 11.5. The lowest BCUT2D eigenvalue weighted by atomic mass is 10.1. The predicted octanol–water partition coefficient (Wildman–Crippen LogP) is 4.74. The van der Waals surface area contributed by atoms with E-state index in [1.807, 2.05) is 19.1 Å². The Morgan fingerprint density at radius 3 is 2.13 bits per heavy atom. The standard InChI is InChI=1S/C19H15F5N4O2/c1-11-3-5-13(6-4-11)16-26-17(25-12(2)29)28(27-16)14-7-9-15(10-8-14)30-19(23,24)18(20,21)22/h3-10H,1-2H3,(H,25,26,27,29). The summed E-state index contributed by atoms with van der Waals surface area (Å²) in [5, 5.41) is 6.80. The van der Waals surface area contributed by atoms with Gasteiger partial charge in [-0.15, -0.1) is 5.10 Å². The molecule has 1 N–H and O–H groups in total. The number of halogens is 5. The molecule has 0 aliphatic rings. The number of anilines is 1. The summed E-state index contributed by atoms with van der Waals surface area (Å²) in [5.74, 6) is -0.792. The number of aryl methyl sites for hydroxylation is 1. The van der Waals surface area contributed by atoms with Gasteiger partial charge in [0, 0.05) is 12.5 Å². The Morgan fingerprint density at radius 2 is 1.60 bits per heavy atom. The Bertz CT molecular complexity index is 1040. The second kappa shape index (κ2) is 7.73. The predicted molar refractivity (Wildman–Crippen MR) is 97.5 cm³/mol. The topological polar surface area (TPSA) is 69.0 Å². The van der Waals surface area contributed by atoms with Gasteiger partial charge in [-0.25, -0.2) is 0 Å². The third kappa shape index (κ3) is 4.56. The number of ether oxygens (including phenoxy) is 1. The molecule has 158 valence electrons. The van der Waals surface area contributed by atoms with Crippen molar-refractivity contribution in [1.29, 1.82) is 0 Å². The molecule has 0 spiro atoms. The lowest BCUT2D eigenvalue weighted by Crippen LogP contribution is -2.41. The smallest absolute Gasteiger partial charge is 0.426 e. The van der Waals surface area contributed by atoms with E-state index in [0.29, 0.717) is 5.56 Å². The van der Waals surface area contributed by atoms with Crippen molar-refractivity contribution >= 4 is 11.9 Å². The molecular formula is C19H15F5N4O2. The minimum atomic E-state index is -5.85. The van der Waals surface area contributed by atoms with Crippen LogP contribution < -0.4 is 10.1 Å². The third-order valence-corrected chi connectivity index (χ3v) is 3.86. The lowest BCUT2D eigenvalue weighted by molar-refractivity contribution is -0.360. The fraction of sp³-hybridized carbons (Fsp3) is 0.211. The number of benzene rings is 2. The molecule has 0 unspecified atom stereocenters. The first-order chi connectivity index (χ1) is 14.0. The van der Waals surface area contributed by atoms with Crippen LogP contribution in [0.4, 0.5) is 27.9 Å². The number of alkyl halides is 5. The molecule has 0 atom stereocenters. The van der Waals surface area contributed by atoms with Gasteiger partial charge in [0.15, 0.2) is 5.82 Å². The Balaban J connectivity index is 1.94. The molecule has 0 fully saturated rings. The zero-order valence-corrected chi connectivity index (χ0v) is 15.7. The second-order valence-electron chi connectivity index (χ2n) is 6.33. The van der Waals surface area contributed by atoms with Crippen LogP contribution in [0.2, 0.25) is 0 Å². The van der Waals surface area contributed by atoms with E-state index >= 15 is 0 Å². The van der Waals surface area contributed by atoms with E-state index in [0.717, 1.165) is 17.7 Å². The van der Waals surface area contributed by atoms with Gasteiger partial charge in [-0.2, -0.15) is 31.6 Å². The van der Waals surface area contributed by atoms with E-state index in [1.165, 1.54) is 23.7 Å². The SMILES string of the molecule is CC(=O)Nc1nc(-c2ccc(C)cc2)nn1-c1ccc(OC(F)(F)C(F)(F)F)cc1. The summed E-state index contributed by atoms with van der Waals surface area (Å²) < 4.78 is 67.9. The van der Waals surface area contributed by atoms with Gasteiger partial charge in [0.2, 0.25) is 11.9 Å². The molecule has 30 heavy (non-hydrogen) atoms. The molecule has 0 saturated heterocycles. The number of nitrogens with zero attached hydrogens (tertiary/aromatic N) is 3. The lowest BCUT2D eigenvalue weighted by Gasteiger charge is -2.20. The van der Waals surface area contributed by atoms with Crippen molar-refractivity contribution in [2.24, 2.45) is 0 Å². The minimum absolute atomic E-state index is 0.0485. The monoisotopic (exact) mass is 426 g/mol. The van der Waals surface area contributed by atoms with E-state index in [1.54, 1.807) is 12.1 Å². The molecule has 3 rings (SSSR count). The van der Waals surface area contributed by atoms with Crippen molar-refractivity contribution < 1.29 is 31.5 Å². The number of hydrogen-bond acceptors (Lipinski definition) is 4. The number of carbonyl (C=O) groups excluding carboxylic acids is 1. The summed E-state index contributed by atoms with van der Waals surface area (Å²) in [6.07, 6.45) is -11.2. The molecule has 6 nitrogen and oxygen atoms in total. The summed E-state index contributed by atoms with van der Waals surface area (Å²) in [4.78, 5) is 15.8. The zero-order chi connectivity index (χ0) is 22.1. The molecule has 2 aromatic carbocycles. The molecule has 3 aromatic rings. The van der Waals surface area contributed by atoms with Crippen molar-refractivity contribution in [3.05, 3.63) is 54.1 Å².